The Labute approximate surface area is 101 Å². The van der Waals surface area contributed by atoms with Gasteiger partial charge in [-0.25, -0.2) is 4.68 Å². The molecule has 2 heterocycles. The van der Waals surface area contributed by atoms with E-state index in [1.54, 1.807) is 6.20 Å². The Balaban J connectivity index is 2.20. The lowest BCUT2D eigenvalue weighted by Crippen LogP contribution is -2.51. The van der Waals surface area contributed by atoms with Gasteiger partial charge < -0.3 is 15.7 Å². The molecule has 1 fully saturated rings. The third-order valence-corrected chi connectivity index (χ3v) is 3.20. The van der Waals surface area contributed by atoms with E-state index < -0.39 is 0 Å². The molecule has 1 saturated heterocycles. The summed E-state index contributed by atoms with van der Waals surface area (Å²) in [4.78, 5) is 11.8. The van der Waals surface area contributed by atoms with Crippen LogP contribution in [0, 0.1) is 0 Å². The molecule has 0 bridgehead atoms. The summed E-state index contributed by atoms with van der Waals surface area (Å²) in [7, 11) is 0. The van der Waals surface area contributed by atoms with Crippen LogP contribution >= 0.6 is 15.9 Å². The number of aliphatic hydroxyl groups excluding tert-OH is 1. The van der Waals surface area contributed by atoms with E-state index in [0.717, 1.165) is 13.1 Å². The average Bonchev–Trinajstić information content (AvgIpc) is 2.21. The third kappa shape index (κ3) is 2.26. The van der Waals surface area contributed by atoms with Gasteiger partial charge in [0.1, 0.15) is 4.47 Å². The third-order valence-electron chi connectivity index (χ3n) is 2.44. The summed E-state index contributed by atoms with van der Waals surface area (Å²) in [6.07, 6.45) is 1.60. The van der Waals surface area contributed by atoms with Gasteiger partial charge in [-0.15, -0.1) is 0 Å². The number of aliphatic hydroxyl groups is 1. The van der Waals surface area contributed by atoms with E-state index in [1.807, 2.05) is 0 Å². The van der Waals surface area contributed by atoms with Gasteiger partial charge in [-0.2, -0.15) is 5.10 Å². The summed E-state index contributed by atoms with van der Waals surface area (Å²) in [6, 6.07) is 0.353. The maximum absolute atomic E-state index is 11.8. The fourth-order valence-electron chi connectivity index (χ4n) is 1.43. The van der Waals surface area contributed by atoms with Crippen molar-refractivity contribution in [3.63, 3.8) is 0 Å². The minimum Gasteiger partial charge on any atom is -0.394 e. The van der Waals surface area contributed by atoms with Crippen LogP contribution in [0.25, 0.3) is 0 Å². The number of nitrogens with zero attached hydrogens (tertiary/aromatic N) is 2. The lowest BCUT2D eigenvalue weighted by Gasteiger charge is -2.29. The predicted molar refractivity (Wildman–Crippen MR) is 63.6 cm³/mol. The Hall–Kier alpha value is -0.920. The highest BCUT2D eigenvalue weighted by molar-refractivity contribution is 9.10. The normalized spacial score (nSPS) is 15.9. The lowest BCUT2D eigenvalue weighted by molar-refractivity contribution is 0.266. The summed E-state index contributed by atoms with van der Waals surface area (Å²) in [5, 5.41) is 19.1. The van der Waals surface area contributed by atoms with E-state index in [9.17, 15) is 4.79 Å². The molecule has 0 aliphatic carbocycles. The smallest absolute Gasteiger partial charge is 0.283 e. The molecule has 0 radical (unpaired) electrons. The Morgan fingerprint density at radius 1 is 1.69 bits per heavy atom. The number of anilines is 1. The molecule has 16 heavy (non-hydrogen) atoms. The highest BCUT2D eigenvalue weighted by Gasteiger charge is 2.18. The zero-order chi connectivity index (χ0) is 11.5. The molecule has 0 amide bonds. The molecule has 0 aromatic carbocycles. The fraction of sp³-hybridized carbons (Fsp3) is 0.556. The SMILES string of the molecule is O=c1c(Br)c(NC2CNC2)cnn1CCO. The van der Waals surface area contributed by atoms with Crippen LogP contribution in [0.3, 0.4) is 0 Å². The zero-order valence-electron chi connectivity index (χ0n) is 8.61. The minimum absolute atomic E-state index is 0.0985. The van der Waals surface area contributed by atoms with Gasteiger partial charge >= 0.3 is 0 Å². The van der Waals surface area contributed by atoms with Gasteiger partial charge in [0.25, 0.3) is 5.56 Å². The topological polar surface area (TPSA) is 79.2 Å². The van der Waals surface area contributed by atoms with Gasteiger partial charge in [0.05, 0.1) is 31.1 Å². The Morgan fingerprint density at radius 3 is 3.00 bits per heavy atom. The number of hydrogen-bond acceptors (Lipinski definition) is 5. The maximum Gasteiger partial charge on any atom is 0.283 e. The quantitative estimate of drug-likeness (QED) is 0.688. The number of nitrogens with one attached hydrogen (secondary N) is 2. The number of rotatable bonds is 4. The molecule has 3 N–H and O–H groups in total. The van der Waals surface area contributed by atoms with Crippen LogP contribution in [0.15, 0.2) is 15.5 Å². The van der Waals surface area contributed by atoms with E-state index in [-0.39, 0.29) is 18.7 Å². The van der Waals surface area contributed by atoms with Crippen LogP contribution < -0.4 is 16.2 Å². The largest absolute Gasteiger partial charge is 0.394 e. The van der Waals surface area contributed by atoms with Crippen LogP contribution in [0.1, 0.15) is 0 Å². The molecule has 7 heteroatoms. The second kappa shape index (κ2) is 4.94. The van der Waals surface area contributed by atoms with Crippen molar-refractivity contribution >= 4 is 21.6 Å². The van der Waals surface area contributed by atoms with Crippen molar-refractivity contribution in [3.05, 3.63) is 21.0 Å². The molecular formula is C9H13BrN4O2. The van der Waals surface area contributed by atoms with Crippen molar-refractivity contribution in [2.45, 2.75) is 12.6 Å². The van der Waals surface area contributed by atoms with Crippen molar-refractivity contribution in [2.24, 2.45) is 0 Å². The van der Waals surface area contributed by atoms with Gasteiger partial charge in [-0.05, 0) is 15.9 Å². The first-order valence-corrected chi connectivity index (χ1v) is 5.85. The summed E-state index contributed by atoms with van der Waals surface area (Å²) in [6.45, 7) is 1.90. The molecule has 2 rings (SSSR count). The molecule has 6 nitrogen and oxygen atoms in total. The van der Waals surface area contributed by atoms with E-state index in [1.165, 1.54) is 4.68 Å². The Bertz CT molecular complexity index is 430. The van der Waals surface area contributed by atoms with Crippen molar-refractivity contribution in [2.75, 3.05) is 25.0 Å². The predicted octanol–water partition coefficient (Wildman–Crippen LogP) is -0.618. The monoisotopic (exact) mass is 288 g/mol. The fourth-order valence-corrected chi connectivity index (χ4v) is 1.85. The van der Waals surface area contributed by atoms with E-state index in [4.69, 9.17) is 5.11 Å². The molecule has 0 unspecified atom stereocenters. The summed E-state index contributed by atoms with van der Waals surface area (Å²) >= 11 is 3.24. The molecule has 0 atom stereocenters. The van der Waals surface area contributed by atoms with Gasteiger partial charge in [-0.3, -0.25) is 4.79 Å². The van der Waals surface area contributed by atoms with E-state index in [0.29, 0.717) is 16.2 Å². The van der Waals surface area contributed by atoms with Crippen LogP contribution in [-0.2, 0) is 6.54 Å². The molecular weight excluding hydrogens is 276 g/mol. The molecule has 1 aromatic rings. The number of hydrogen-bond donors (Lipinski definition) is 3. The standard InChI is InChI=1S/C9H13BrN4O2/c10-8-7(13-6-3-11-4-6)5-12-14(1-2-15)9(8)16/h5-6,11,13,15H,1-4H2. The van der Waals surface area contributed by atoms with Crippen LogP contribution in [-0.4, -0.2) is 40.6 Å². The molecule has 0 saturated carbocycles. The molecule has 88 valence electrons. The highest BCUT2D eigenvalue weighted by atomic mass is 79.9. The first-order valence-electron chi connectivity index (χ1n) is 5.06. The zero-order valence-corrected chi connectivity index (χ0v) is 10.2. The van der Waals surface area contributed by atoms with Crippen molar-refractivity contribution in [1.29, 1.82) is 0 Å². The van der Waals surface area contributed by atoms with E-state index in [2.05, 4.69) is 31.7 Å². The van der Waals surface area contributed by atoms with Crippen molar-refractivity contribution < 1.29 is 5.11 Å². The second-order valence-electron chi connectivity index (χ2n) is 3.62. The number of aromatic nitrogens is 2. The number of halogens is 1. The molecule has 1 aliphatic heterocycles. The molecule has 1 aliphatic rings. The van der Waals surface area contributed by atoms with Gasteiger partial charge in [0.15, 0.2) is 0 Å². The minimum atomic E-state index is -0.230. The first-order chi connectivity index (χ1) is 7.72. The summed E-state index contributed by atoms with van der Waals surface area (Å²) in [5.74, 6) is 0. The molecule has 0 spiro atoms. The summed E-state index contributed by atoms with van der Waals surface area (Å²) in [5.41, 5.74) is 0.469. The van der Waals surface area contributed by atoms with E-state index >= 15 is 0 Å². The molecule has 1 aromatic heterocycles. The second-order valence-corrected chi connectivity index (χ2v) is 4.42. The van der Waals surface area contributed by atoms with Crippen molar-refractivity contribution in [1.82, 2.24) is 15.1 Å². The maximum atomic E-state index is 11.8. The Kier molecular flexibility index (Phi) is 3.57. The Morgan fingerprint density at radius 2 is 2.44 bits per heavy atom. The first kappa shape index (κ1) is 11.6. The van der Waals surface area contributed by atoms with Crippen LogP contribution in [0.5, 0.6) is 0 Å². The van der Waals surface area contributed by atoms with Crippen molar-refractivity contribution in [3.8, 4) is 0 Å². The average molecular weight is 289 g/mol. The van der Waals surface area contributed by atoms with Gasteiger partial charge in [-0.1, -0.05) is 0 Å². The van der Waals surface area contributed by atoms with Gasteiger partial charge in [0, 0.05) is 13.1 Å². The van der Waals surface area contributed by atoms with Gasteiger partial charge in [0.2, 0.25) is 0 Å². The highest BCUT2D eigenvalue weighted by Crippen LogP contribution is 2.17. The lowest BCUT2D eigenvalue weighted by atomic mass is 10.2. The van der Waals surface area contributed by atoms with Crippen LogP contribution in [0.4, 0.5) is 5.69 Å². The van der Waals surface area contributed by atoms with Crippen LogP contribution in [0.2, 0.25) is 0 Å². The summed E-state index contributed by atoms with van der Waals surface area (Å²) < 4.78 is 1.69.